The van der Waals surface area contributed by atoms with Gasteiger partial charge in [0.05, 0.1) is 49.9 Å². The Hall–Kier alpha value is -3.96. The summed E-state index contributed by atoms with van der Waals surface area (Å²) in [5.74, 6) is 1.72. The first-order chi connectivity index (χ1) is 22.0. The number of carbonyl (C=O) groups excluding carboxylic acids is 1. The number of fused-ring (bicyclic) bond motifs is 1. The average Bonchev–Trinajstić information content (AvgIpc) is 3.02. The second-order valence-corrected chi connectivity index (χ2v) is 13.0. The van der Waals surface area contributed by atoms with Crippen LogP contribution in [0.2, 0.25) is 5.02 Å². The molecule has 0 aliphatic carbocycles. The minimum atomic E-state index is -0.163. The van der Waals surface area contributed by atoms with E-state index in [1.165, 1.54) is 0 Å². The number of hydrogen-bond donors (Lipinski definition) is 1. The summed E-state index contributed by atoms with van der Waals surface area (Å²) in [5.41, 5.74) is 2.13. The molecule has 1 fully saturated rings. The van der Waals surface area contributed by atoms with Gasteiger partial charge in [0.1, 0.15) is 30.4 Å². The van der Waals surface area contributed by atoms with E-state index in [4.69, 9.17) is 26.1 Å². The Kier molecular flexibility index (Phi) is 10.6. The third kappa shape index (κ3) is 8.24. The van der Waals surface area contributed by atoms with Gasteiger partial charge in [0.2, 0.25) is 0 Å². The highest BCUT2D eigenvalue weighted by Gasteiger charge is 2.25. The first kappa shape index (κ1) is 33.4. The van der Waals surface area contributed by atoms with Crippen LogP contribution in [0.25, 0.3) is 16.6 Å². The van der Waals surface area contributed by atoms with Gasteiger partial charge in [-0.15, -0.1) is 0 Å². The summed E-state index contributed by atoms with van der Waals surface area (Å²) in [4.78, 5) is 36.1. The maximum absolute atomic E-state index is 14.2. The molecular formula is C35H43ClN5O5+. The van der Waals surface area contributed by atoms with Gasteiger partial charge in [-0.3, -0.25) is 19.1 Å². The Bertz CT molecular complexity index is 1720. The zero-order valence-corrected chi connectivity index (χ0v) is 27.7. The fourth-order valence-electron chi connectivity index (χ4n) is 5.69. The molecule has 1 aliphatic rings. The maximum Gasteiger partial charge on any atom is 0.266 e. The van der Waals surface area contributed by atoms with Gasteiger partial charge in [0, 0.05) is 36.8 Å². The number of rotatable bonds is 12. The van der Waals surface area contributed by atoms with Crippen molar-refractivity contribution < 1.29 is 23.9 Å². The van der Waals surface area contributed by atoms with E-state index in [2.05, 4.69) is 19.0 Å². The summed E-state index contributed by atoms with van der Waals surface area (Å²) < 4.78 is 14.2. The first-order valence-electron chi connectivity index (χ1n) is 15.6. The molecule has 4 aromatic rings. The lowest BCUT2D eigenvalue weighted by Gasteiger charge is -2.35. The number of aliphatic hydroxyl groups excluding tert-OH is 1. The fraction of sp³-hybridized carbons (Fsp3) is 0.400. The highest BCUT2D eigenvalue weighted by Crippen LogP contribution is 2.28. The van der Waals surface area contributed by atoms with Crippen LogP contribution in [0.4, 0.5) is 0 Å². The fourth-order valence-corrected chi connectivity index (χ4v) is 5.82. The number of carbonyl (C=O) groups is 1. The van der Waals surface area contributed by atoms with Crippen LogP contribution in [-0.2, 0) is 17.9 Å². The molecule has 0 atom stereocenters. The normalized spacial score (nSPS) is 14.2. The first-order valence-corrected chi connectivity index (χ1v) is 16.0. The van der Waals surface area contributed by atoms with Crippen molar-refractivity contribution in [2.75, 3.05) is 60.0 Å². The van der Waals surface area contributed by atoms with Crippen molar-refractivity contribution in [1.82, 2.24) is 19.4 Å². The largest absolute Gasteiger partial charge is 0.489 e. The quantitative estimate of drug-likeness (QED) is 0.231. The van der Waals surface area contributed by atoms with Crippen molar-refractivity contribution in [1.29, 1.82) is 0 Å². The van der Waals surface area contributed by atoms with E-state index in [1.807, 2.05) is 50.2 Å². The highest BCUT2D eigenvalue weighted by molar-refractivity contribution is 6.30. The molecule has 0 radical (unpaired) electrons. The third-order valence-electron chi connectivity index (χ3n) is 8.05. The van der Waals surface area contributed by atoms with E-state index in [-0.39, 0.29) is 30.8 Å². The lowest BCUT2D eigenvalue weighted by molar-refractivity contribution is -0.903. The third-order valence-corrected chi connectivity index (χ3v) is 8.31. The van der Waals surface area contributed by atoms with Crippen molar-refractivity contribution in [3.05, 3.63) is 93.5 Å². The van der Waals surface area contributed by atoms with Gasteiger partial charge in [-0.05, 0) is 68.4 Å². The van der Waals surface area contributed by atoms with Crippen molar-refractivity contribution in [3.8, 4) is 17.2 Å². The molecule has 5 rings (SSSR count). The monoisotopic (exact) mass is 648 g/mol. The summed E-state index contributed by atoms with van der Waals surface area (Å²) in [6.45, 7) is 7.96. The Labute approximate surface area is 274 Å². The number of hydrogen-bond acceptors (Lipinski definition) is 7. The number of aromatic nitrogens is 2. The molecule has 1 N–H and O–H groups in total. The van der Waals surface area contributed by atoms with Crippen molar-refractivity contribution >= 4 is 28.4 Å². The Balaban J connectivity index is 1.41. The van der Waals surface area contributed by atoms with E-state index in [0.29, 0.717) is 89.2 Å². The molecule has 0 unspecified atom stereocenters. The van der Waals surface area contributed by atoms with Crippen molar-refractivity contribution in [2.24, 2.45) is 0 Å². The maximum atomic E-state index is 14.2. The van der Waals surface area contributed by atoms with Crippen molar-refractivity contribution in [2.45, 2.75) is 33.0 Å². The molecular weight excluding hydrogens is 606 g/mol. The van der Waals surface area contributed by atoms with Gasteiger partial charge in [-0.2, -0.15) is 0 Å². The number of halogens is 1. The Morgan fingerprint density at radius 2 is 1.74 bits per heavy atom. The lowest BCUT2D eigenvalue weighted by atomic mass is 10.1. The lowest BCUT2D eigenvalue weighted by Crippen LogP contribution is -2.50. The molecule has 11 heteroatoms. The minimum absolute atomic E-state index is 0.0454. The zero-order chi connectivity index (χ0) is 32.8. The molecule has 10 nitrogen and oxygen atoms in total. The number of ether oxygens (including phenoxy) is 2. The summed E-state index contributed by atoms with van der Waals surface area (Å²) in [6, 6.07) is 20.3. The molecule has 1 amide bonds. The second-order valence-electron chi connectivity index (χ2n) is 12.6. The predicted molar refractivity (Wildman–Crippen MR) is 180 cm³/mol. The van der Waals surface area contributed by atoms with Crippen LogP contribution in [0.1, 0.15) is 25.2 Å². The van der Waals surface area contributed by atoms with Gasteiger partial charge in [-0.25, -0.2) is 4.98 Å². The highest BCUT2D eigenvalue weighted by atomic mass is 35.5. The molecule has 46 heavy (non-hydrogen) atoms. The van der Waals surface area contributed by atoms with Gasteiger partial charge >= 0.3 is 0 Å². The molecule has 2 heterocycles. The smallest absolute Gasteiger partial charge is 0.266 e. The van der Waals surface area contributed by atoms with Gasteiger partial charge in [-0.1, -0.05) is 23.7 Å². The van der Waals surface area contributed by atoms with Crippen LogP contribution < -0.4 is 15.0 Å². The number of para-hydroxylation sites is 1. The Morgan fingerprint density at radius 1 is 1.02 bits per heavy atom. The topological polar surface area (TPSA) is 97.1 Å². The van der Waals surface area contributed by atoms with E-state index >= 15 is 0 Å². The van der Waals surface area contributed by atoms with Crippen LogP contribution in [0.15, 0.2) is 71.5 Å². The zero-order valence-electron chi connectivity index (χ0n) is 27.0. The Morgan fingerprint density at radius 3 is 2.43 bits per heavy atom. The van der Waals surface area contributed by atoms with Gasteiger partial charge in [0.15, 0.2) is 6.61 Å². The summed E-state index contributed by atoms with van der Waals surface area (Å²) in [6.07, 6.45) is -0.104. The molecule has 1 aliphatic heterocycles. The molecule has 1 aromatic heterocycles. The average molecular weight is 649 g/mol. The summed E-state index contributed by atoms with van der Waals surface area (Å²) in [5, 5.41) is 10.7. The van der Waals surface area contributed by atoms with Crippen LogP contribution in [-0.4, -0.2) is 101 Å². The second kappa shape index (κ2) is 14.6. The minimum Gasteiger partial charge on any atom is -0.489 e. The van der Waals surface area contributed by atoms with Gasteiger partial charge < -0.3 is 24.0 Å². The van der Waals surface area contributed by atoms with Crippen LogP contribution in [0, 0.1) is 0 Å². The predicted octanol–water partition coefficient (Wildman–Crippen LogP) is 4.12. The summed E-state index contributed by atoms with van der Waals surface area (Å²) >= 11 is 5.94. The van der Waals surface area contributed by atoms with Crippen LogP contribution in [0.5, 0.6) is 11.5 Å². The number of likely N-dealkylation sites (N-methyl/N-ethyl adjacent to an activating group) is 1. The van der Waals surface area contributed by atoms with E-state index < -0.39 is 0 Å². The number of benzene rings is 3. The number of amides is 1. The number of quaternary nitrogens is 1. The SMILES string of the molecule is CC(C)Oc1ccc(C[N+](C)(C)CCO)cc1-n1c(CN2CCN(C(=O)COc3ccc(Cl)cc3)CC2)nc2ccccc2c1=O. The van der Waals surface area contributed by atoms with Crippen molar-refractivity contribution in [3.63, 3.8) is 0 Å². The summed E-state index contributed by atoms with van der Waals surface area (Å²) in [7, 11) is 4.13. The van der Waals surface area contributed by atoms with Crippen LogP contribution >= 0.6 is 11.6 Å². The molecule has 1 saturated heterocycles. The number of nitrogens with zero attached hydrogens (tertiary/aromatic N) is 5. The van der Waals surface area contributed by atoms with Gasteiger partial charge in [0.25, 0.3) is 11.5 Å². The molecule has 244 valence electrons. The standard InChI is InChI=1S/C35H43ClN5O5/c1-25(2)46-32-14-9-26(23-41(3,4)19-20-42)21-31(32)40-33(37-30-8-6-5-7-29(30)35(40)44)22-38-15-17-39(18-16-38)34(43)24-45-28-12-10-27(36)11-13-28/h5-14,21,25,42H,15-20,22-24H2,1-4H3/q+1. The van der Waals surface area contributed by atoms with E-state index in [1.54, 1.807) is 39.8 Å². The molecule has 0 saturated carbocycles. The number of piperazine rings is 1. The van der Waals surface area contributed by atoms with E-state index in [0.717, 1.165) is 5.56 Å². The molecule has 3 aromatic carbocycles. The molecule has 0 bridgehead atoms. The number of aliphatic hydroxyl groups is 1. The molecule has 0 spiro atoms. The van der Waals surface area contributed by atoms with Crippen LogP contribution in [0.3, 0.4) is 0 Å². The van der Waals surface area contributed by atoms with E-state index in [9.17, 15) is 14.7 Å².